The van der Waals surface area contributed by atoms with E-state index in [2.05, 4.69) is 34.0 Å². The molecule has 6 heteroatoms. The molecule has 24 heavy (non-hydrogen) atoms. The Bertz CT molecular complexity index is 512. The maximum atomic E-state index is 13.0. The number of nitrogens with zero attached hydrogens (tertiary/aromatic N) is 3. The lowest BCUT2D eigenvalue weighted by Crippen LogP contribution is -2.44. The van der Waals surface area contributed by atoms with Crippen LogP contribution in [0.5, 0.6) is 0 Å². The van der Waals surface area contributed by atoms with E-state index < -0.39 is 0 Å². The summed E-state index contributed by atoms with van der Waals surface area (Å²) in [5.74, 6) is 0.668. The Morgan fingerprint density at radius 2 is 1.92 bits per heavy atom. The molecule has 136 valence electrons. The first kappa shape index (κ1) is 21.2. The highest BCUT2D eigenvalue weighted by Gasteiger charge is 2.30. The minimum Gasteiger partial charge on any atom is -0.355 e. The Kier molecular flexibility index (Phi) is 8.97. The Labute approximate surface area is 162 Å². The zero-order valence-corrected chi connectivity index (χ0v) is 17.5. The second kappa shape index (κ2) is 10.2. The van der Waals surface area contributed by atoms with Crippen molar-refractivity contribution in [3.8, 4) is 0 Å². The molecule has 0 unspecified atom stereocenters. The molecule has 0 aliphatic heterocycles. The number of rotatable bonds is 7. The van der Waals surface area contributed by atoms with E-state index in [9.17, 15) is 4.39 Å². The number of hydrogen-bond acceptors (Lipinski definition) is 2. The van der Waals surface area contributed by atoms with Crippen molar-refractivity contribution in [1.29, 1.82) is 0 Å². The summed E-state index contributed by atoms with van der Waals surface area (Å²) in [7, 11) is 3.80. The standard InChI is InChI=1S/C18H29FN4.HI/c1-14(2)23(17-9-10-17)12-11-21-18(20-3)22(4)13-15-5-7-16(19)8-6-15;/h5-8,14,17H,9-13H2,1-4H3,(H,20,21);1H. The maximum Gasteiger partial charge on any atom is 0.193 e. The fourth-order valence-corrected chi connectivity index (χ4v) is 2.89. The van der Waals surface area contributed by atoms with Crippen molar-refractivity contribution >= 4 is 29.9 Å². The molecule has 0 spiro atoms. The van der Waals surface area contributed by atoms with Gasteiger partial charge in [0.05, 0.1) is 0 Å². The minimum absolute atomic E-state index is 0. The molecule has 1 saturated carbocycles. The zero-order valence-electron chi connectivity index (χ0n) is 15.1. The fraction of sp³-hybridized carbons (Fsp3) is 0.611. The first-order chi connectivity index (χ1) is 11.0. The maximum absolute atomic E-state index is 13.0. The van der Waals surface area contributed by atoms with Crippen LogP contribution in [0.3, 0.4) is 0 Å². The lowest BCUT2D eigenvalue weighted by molar-refractivity contribution is 0.214. The van der Waals surface area contributed by atoms with Gasteiger partial charge in [0.25, 0.3) is 0 Å². The largest absolute Gasteiger partial charge is 0.355 e. The van der Waals surface area contributed by atoms with Gasteiger partial charge in [-0.2, -0.15) is 0 Å². The van der Waals surface area contributed by atoms with Crippen LogP contribution >= 0.6 is 24.0 Å². The molecule has 1 aromatic rings. The number of halogens is 2. The summed E-state index contributed by atoms with van der Waals surface area (Å²) >= 11 is 0. The summed E-state index contributed by atoms with van der Waals surface area (Å²) in [5.41, 5.74) is 1.07. The van der Waals surface area contributed by atoms with Crippen LogP contribution < -0.4 is 5.32 Å². The highest BCUT2D eigenvalue weighted by atomic mass is 127. The highest BCUT2D eigenvalue weighted by molar-refractivity contribution is 14.0. The van der Waals surface area contributed by atoms with E-state index in [4.69, 9.17) is 0 Å². The first-order valence-electron chi connectivity index (χ1n) is 8.43. The predicted molar refractivity (Wildman–Crippen MR) is 110 cm³/mol. The SMILES string of the molecule is CN=C(NCCN(C(C)C)C1CC1)N(C)Cc1ccc(F)cc1.I. The first-order valence-corrected chi connectivity index (χ1v) is 8.43. The highest BCUT2D eigenvalue weighted by Crippen LogP contribution is 2.27. The van der Waals surface area contributed by atoms with Crippen molar-refractivity contribution < 1.29 is 4.39 Å². The summed E-state index contributed by atoms with van der Waals surface area (Å²) < 4.78 is 13.0. The normalized spacial score (nSPS) is 14.7. The lowest BCUT2D eigenvalue weighted by Gasteiger charge is -2.28. The lowest BCUT2D eigenvalue weighted by atomic mass is 10.2. The quantitative estimate of drug-likeness (QED) is 0.395. The molecule has 1 aliphatic carbocycles. The second-order valence-electron chi connectivity index (χ2n) is 6.52. The van der Waals surface area contributed by atoms with Gasteiger partial charge in [-0.05, 0) is 44.4 Å². The molecular formula is C18H30FIN4. The second-order valence-corrected chi connectivity index (χ2v) is 6.52. The van der Waals surface area contributed by atoms with E-state index in [0.29, 0.717) is 12.6 Å². The smallest absolute Gasteiger partial charge is 0.193 e. The van der Waals surface area contributed by atoms with Gasteiger partial charge >= 0.3 is 0 Å². The number of hydrogen-bond donors (Lipinski definition) is 1. The van der Waals surface area contributed by atoms with Gasteiger partial charge in [0.1, 0.15) is 5.82 Å². The molecule has 0 heterocycles. The molecule has 0 atom stereocenters. The van der Waals surface area contributed by atoms with Gasteiger partial charge in [0.2, 0.25) is 0 Å². The molecule has 0 saturated heterocycles. The van der Waals surface area contributed by atoms with Crippen LogP contribution in [0.2, 0.25) is 0 Å². The Balaban J connectivity index is 0.00000288. The molecule has 1 N–H and O–H groups in total. The van der Waals surface area contributed by atoms with E-state index >= 15 is 0 Å². The fourth-order valence-electron chi connectivity index (χ4n) is 2.89. The monoisotopic (exact) mass is 448 g/mol. The third-order valence-corrected chi connectivity index (χ3v) is 4.24. The molecule has 1 aliphatic rings. The number of benzene rings is 1. The van der Waals surface area contributed by atoms with Crippen molar-refractivity contribution in [2.75, 3.05) is 27.2 Å². The average molecular weight is 448 g/mol. The molecule has 0 bridgehead atoms. The van der Waals surface area contributed by atoms with E-state index in [1.54, 1.807) is 7.05 Å². The van der Waals surface area contributed by atoms with Crippen molar-refractivity contribution in [1.82, 2.24) is 15.1 Å². The summed E-state index contributed by atoms with van der Waals surface area (Å²) in [5, 5.41) is 3.43. The van der Waals surface area contributed by atoms with Crippen LogP contribution in [0.15, 0.2) is 29.3 Å². The van der Waals surface area contributed by atoms with Crippen molar-refractivity contribution in [2.45, 2.75) is 45.3 Å². The average Bonchev–Trinajstić information content (AvgIpc) is 3.34. The Hall–Kier alpha value is -0.890. The molecule has 4 nitrogen and oxygen atoms in total. The number of nitrogens with one attached hydrogen (secondary N) is 1. The zero-order chi connectivity index (χ0) is 16.8. The van der Waals surface area contributed by atoms with E-state index in [1.807, 2.05) is 19.2 Å². The van der Waals surface area contributed by atoms with Crippen LogP contribution in [-0.4, -0.2) is 55.0 Å². The topological polar surface area (TPSA) is 30.9 Å². The molecule has 0 aromatic heterocycles. The van der Waals surface area contributed by atoms with Crippen molar-refractivity contribution in [3.05, 3.63) is 35.6 Å². The molecule has 2 rings (SSSR count). The summed E-state index contributed by atoms with van der Waals surface area (Å²) in [6.07, 6.45) is 2.66. The van der Waals surface area contributed by atoms with E-state index in [0.717, 1.165) is 30.7 Å². The Morgan fingerprint density at radius 1 is 1.29 bits per heavy atom. The van der Waals surface area contributed by atoms with Gasteiger partial charge < -0.3 is 10.2 Å². The predicted octanol–water partition coefficient (Wildman–Crippen LogP) is 3.32. The molecule has 1 aromatic carbocycles. The van der Waals surface area contributed by atoms with Gasteiger partial charge in [-0.25, -0.2) is 4.39 Å². The van der Waals surface area contributed by atoms with Gasteiger partial charge in [-0.15, -0.1) is 24.0 Å². The third kappa shape index (κ3) is 6.55. The van der Waals surface area contributed by atoms with Gasteiger partial charge in [-0.3, -0.25) is 9.89 Å². The van der Waals surface area contributed by atoms with Crippen LogP contribution in [0, 0.1) is 5.82 Å². The van der Waals surface area contributed by atoms with Crippen molar-refractivity contribution in [3.63, 3.8) is 0 Å². The third-order valence-electron chi connectivity index (χ3n) is 4.24. The molecular weight excluding hydrogens is 418 g/mol. The van der Waals surface area contributed by atoms with Gasteiger partial charge in [0.15, 0.2) is 5.96 Å². The van der Waals surface area contributed by atoms with Crippen LogP contribution in [0.4, 0.5) is 4.39 Å². The molecule has 1 fully saturated rings. The number of aliphatic imine (C=N–C) groups is 1. The van der Waals surface area contributed by atoms with E-state index in [-0.39, 0.29) is 29.8 Å². The minimum atomic E-state index is -0.201. The summed E-state index contributed by atoms with van der Waals surface area (Å²) in [6.45, 7) is 7.14. The summed E-state index contributed by atoms with van der Waals surface area (Å²) in [4.78, 5) is 8.96. The van der Waals surface area contributed by atoms with E-state index in [1.165, 1.54) is 25.0 Å². The van der Waals surface area contributed by atoms with Gasteiger partial charge in [-0.1, -0.05) is 12.1 Å². The van der Waals surface area contributed by atoms with Gasteiger partial charge in [0, 0.05) is 45.8 Å². The van der Waals surface area contributed by atoms with Crippen molar-refractivity contribution in [2.24, 2.45) is 4.99 Å². The van der Waals surface area contributed by atoms with Crippen LogP contribution in [0.1, 0.15) is 32.3 Å². The summed E-state index contributed by atoms with van der Waals surface area (Å²) in [6, 6.07) is 7.98. The number of guanidine groups is 1. The molecule has 0 radical (unpaired) electrons. The molecule has 0 amide bonds. The van der Waals surface area contributed by atoms with Crippen LogP contribution in [0.25, 0.3) is 0 Å². The van der Waals surface area contributed by atoms with Crippen LogP contribution in [-0.2, 0) is 6.54 Å². The Morgan fingerprint density at radius 3 is 2.42 bits per heavy atom.